The highest BCUT2D eigenvalue weighted by molar-refractivity contribution is 7.60. The summed E-state index contributed by atoms with van der Waals surface area (Å²) in [5, 5.41) is 59.2. The number of aliphatic hydroxyl groups excluding tert-OH is 6. The van der Waals surface area contributed by atoms with Crippen molar-refractivity contribution in [3.05, 3.63) is 33.1 Å². The molecule has 21 heteroatoms. The number of nitrogens with zero attached hydrogens (tertiary/aromatic N) is 1. The normalized spacial score (nSPS) is 37.1. The Morgan fingerprint density at radius 3 is 2.19 bits per heavy atom. The van der Waals surface area contributed by atoms with Crippen LogP contribution in [0.1, 0.15) is 6.23 Å². The lowest BCUT2D eigenvalue weighted by molar-refractivity contribution is -0.336. The number of phosphoric acid groups is 2. The zero-order valence-electron chi connectivity index (χ0n) is 17.8. The number of hydrogen-bond acceptors (Lipinski definition) is 17. The fraction of sp³-hybridized carbons (Fsp3) is 0.733. The maximum atomic E-state index is 12.9. The van der Waals surface area contributed by atoms with Gasteiger partial charge in [0.2, 0.25) is 0 Å². The van der Waals surface area contributed by atoms with Crippen LogP contribution in [0.4, 0.5) is 0 Å². The average Bonchev–Trinajstić information content (AvgIpc) is 3.05. The first-order valence-electron chi connectivity index (χ1n) is 9.96. The van der Waals surface area contributed by atoms with Crippen LogP contribution in [0.2, 0.25) is 0 Å². The third-order valence-corrected chi connectivity index (χ3v) is 7.67. The van der Waals surface area contributed by atoms with Crippen molar-refractivity contribution in [2.24, 2.45) is 0 Å². The highest BCUT2D eigenvalue weighted by atomic mass is 31.3. The van der Waals surface area contributed by atoms with Crippen molar-refractivity contribution in [1.29, 1.82) is 0 Å². The van der Waals surface area contributed by atoms with E-state index in [0.29, 0.717) is 4.57 Å². The van der Waals surface area contributed by atoms with Crippen LogP contribution in [-0.2, 0) is 32.0 Å². The minimum absolute atomic E-state index is 0.694. The first kappa shape index (κ1) is 29.2. The van der Waals surface area contributed by atoms with Gasteiger partial charge in [0, 0.05) is 12.3 Å². The predicted molar refractivity (Wildman–Crippen MR) is 104 cm³/mol. The Balaban J connectivity index is 1.77. The number of phosphoric ester groups is 1. The Morgan fingerprint density at radius 2 is 1.61 bits per heavy atom. The summed E-state index contributed by atoms with van der Waals surface area (Å²) in [6.07, 6.45) is -16.0. The van der Waals surface area contributed by atoms with Gasteiger partial charge in [-0.3, -0.25) is 27.7 Å². The van der Waals surface area contributed by atoms with Gasteiger partial charge in [0.05, 0.1) is 21.0 Å². The quantitative estimate of drug-likeness (QED) is 0.137. The van der Waals surface area contributed by atoms with Crippen molar-refractivity contribution in [3.8, 4) is 0 Å². The number of rotatable bonds is 9. The Bertz CT molecular complexity index is 1120. The van der Waals surface area contributed by atoms with Crippen LogP contribution in [0.25, 0.3) is 0 Å². The van der Waals surface area contributed by atoms with E-state index >= 15 is 0 Å². The smallest absolute Gasteiger partial charge is 0.481 e. The van der Waals surface area contributed by atoms with E-state index in [-0.39, 0.29) is 0 Å². The Labute approximate surface area is 199 Å². The Morgan fingerprint density at radius 1 is 0.972 bits per heavy atom. The van der Waals surface area contributed by atoms with Crippen LogP contribution < -0.4 is 21.0 Å². The van der Waals surface area contributed by atoms with Crippen LogP contribution >= 0.6 is 15.6 Å². The number of aromatic amines is 1. The predicted octanol–water partition coefficient (Wildman–Crippen LogP) is -6.06. The lowest BCUT2D eigenvalue weighted by Crippen LogP contribution is -2.59. The fourth-order valence-corrected chi connectivity index (χ4v) is 5.51. The van der Waals surface area contributed by atoms with Gasteiger partial charge in [-0.25, -0.2) is 9.36 Å². The Hall–Kier alpha value is -1.38. The third-order valence-electron chi connectivity index (χ3n) is 5.14. The SMILES string of the molecule is O=c1ccn([C@@H]2O[C@H](COP(=O)(O[C@H]3O[C@H](CO)[C@@H](O)[C@H](O)[C@H]3O)OP(=O)([O-])[O-])[C@@H](O)[C@H]2O)c(=O)[nH]1. The van der Waals surface area contributed by atoms with Gasteiger partial charge in [-0.15, -0.1) is 0 Å². The maximum absolute atomic E-state index is 12.9. The summed E-state index contributed by atoms with van der Waals surface area (Å²) in [5.41, 5.74) is -1.80. The molecule has 0 aliphatic carbocycles. The summed E-state index contributed by atoms with van der Waals surface area (Å²) in [6.45, 7) is -2.05. The molecule has 1 aromatic rings. The molecule has 0 bridgehead atoms. The van der Waals surface area contributed by atoms with Gasteiger partial charge in [-0.05, 0) is 0 Å². The first-order valence-corrected chi connectivity index (χ1v) is 12.9. The van der Waals surface area contributed by atoms with Gasteiger partial charge in [-0.2, -0.15) is 0 Å². The molecule has 2 fully saturated rings. The molecule has 2 aliphatic rings. The molecule has 206 valence electrons. The number of hydrogen-bond donors (Lipinski definition) is 7. The van der Waals surface area contributed by atoms with Crippen molar-refractivity contribution in [2.75, 3.05) is 13.2 Å². The number of ether oxygens (including phenoxy) is 2. The van der Waals surface area contributed by atoms with Crippen molar-refractivity contribution in [1.82, 2.24) is 9.55 Å². The topological polar surface area (TPSA) is 303 Å². The second-order valence-corrected chi connectivity index (χ2v) is 10.5. The summed E-state index contributed by atoms with van der Waals surface area (Å²) in [5.74, 6) is 0. The van der Waals surface area contributed by atoms with E-state index in [1.807, 2.05) is 4.98 Å². The molecule has 10 atom stereocenters. The summed E-state index contributed by atoms with van der Waals surface area (Å²) in [7, 11) is -11.7. The zero-order chi connectivity index (χ0) is 27.0. The molecule has 3 heterocycles. The van der Waals surface area contributed by atoms with E-state index in [1.165, 1.54) is 0 Å². The maximum Gasteiger partial charge on any atom is 0.481 e. The Kier molecular flexibility index (Phi) is 9.05. The summed E-state index contributed by atoms with van der Waals surface area (Å²) in [4.78, 5) is 47.3. The molecule has 1 aromatic heterocycles. The highest BCUT2D eigenvalue weighted by Crippen LogP contribution is 2.59. The molecule has 0 saturated carbocycles. The molecule has 0 amide bonds. The molecule has 0 aromatic carbocycles. The van der Waals surface area contributed by atoms with E-state index in [4.69, 9.17) is 14.0 Å². The largest absolute Gasteiger partial charge is 0.789 e. The molecular formula is C15H22N2O17P2-2. The van der Waals surface area contributed by atoms with Gasteiger partial charge in [0.1, 0.15) is 42.7 Å². The third kappa shape index (κ3) is 6.54. The van der Waals surface area contributed by atoms with E-state index in [2.05, 4.69) is 8.83 Å². The lowest BCUT2D eigenvalue weighted by atomic mass is 10.00. The van der Waals surface area contributed by atoms with Gasteiger partial charge in [0.25, 0.3) is 5.56 Å². The standard InChI is InChI=1S/C15H24N2O17P2/c18-3-5-8(20)10(22)12(24)14(32-5)33-36(29,34-35(26,27)28)30-4-6-9(21)11(23)13(31-6)17-2-1-7(19)16-15(17)25/h1-2,5-6,8-14,18,20-24H,3-4H2,(H,16,19,25)(H2,26,27,28)/p-2/t5-,6-,8-,9-,10+,11-,12-,13-,14-,36?/m1/s1. The summed E-state index contributed by atoms with van der Waals surface area (Å²) >= 11 is 0. The van der Waals surface area contributed by atoms with Crippen molar-refractivity contribution >= 4 is 15.6 Å². The molecule has 0 spiro atoms. The van der Waals surface area contributed by atoms with E-state index in [9.17, 15) is 59.1 Å². The minimum atomic E-state index is -6.13. The highest BCUT2D eigenvalue weighted by Gasteiger charge is 2.49. The van der Waals surface area contributed by atoms with Crippen LogP contribution in [0, 0.1) is 0 Å². The number of aliphatic hydroxyl groups is 6. The van der Waals surface area contributed by atoms with Gasteiger partial charge >= 0.3 is 13.5 Å². The van der Waals surface area contributed by atoms with E-state index in [1.54, 1.807) is 0 Å². The van der Waals surface area contributed by atoms with Crippen LogP contribution in [0.15, 0.2) is 21.9 Å². The first-order chi connectivity index (χ1) is 16.7. The average molecular weight is 564 g/mol. The molecule has 1 unspecified atom stereocenters. The van der Waals surface area contributed by atoms with E-state index in [0.717, 1.165) is 12.3 Å². The lowest BCUT2D eigenvalue weighted by Gasteiger charge is -2.41. The molecule has 0 radical (unpaired) electrons. The van der Waals surface area contributed by atoms with Gasteiger partial charge < -0.3 is 54.5 Å². The second kappa shape index (κ2) is 11.2. The van der Waals surface area contributed by atoms with Gasteiger partial charge in [0.15, 0.2) is 12.5 Å². The second-order valence-electron chi connectivity index (χ2n) is 7.64. The molecule has 2 saturated heterocycles. The summed E-state index contributed by atoms with van der Waals surface area (Å²) < 4.78 is 48.1. The molecule has 36 heavy (non-hydrogen) atoms. The monoisotopic (exact) mass is 564 g/mol. The molecule has 3 rings (SSSR count). The van der Waals surface area contributed by atoms with Crippen LogP contribution in [-0.4, -0.2) is 102 Å². The number of nitrogens with one attached hydrogen (secondary N) is 1. The van der Waals surface area contributed by atoms with Crippen LogP contribution in [0.3, 0.4) is 0 Å². The van der Waals surface area contributed by atoms with E-state index < -0.39 is 95.4 Å². The van der Waals surface area contributed by atoms with Crippen molar-refractivity contribution in [3.63, 3.8) is 0 Å². The van der Waals surface area contributed by atoms with Crippen molar-refractivity contribution in [2.45, 2.75) is 55.2 Å². The van der Waals surface area contributed by atoms with Crippen LogP contribution in [0.5, 0.6) is 0 Å². The minimum Gasteiger partial charge on any atom is -0.789 e. The molecule has 7 N–H and O–H groups in total. The number of H-pyrrole nitrogens is 1. The fourth-order valence-electron chi connectivity index (χ4n) is 3.37. The molecular weight excluding hydrogens is 542 g/mol. The summed E-state index contributed by atoms with van der Waals surface area (Å²) in [6, 6.07) is 0.907. The number of aromatic nitrogens is 2. The zero-order valence-corrected chi connectivity index (χ0v) is 19.6. The molecule has 2 aliphatic heterocycles. The molecule has 19 nitrogen and oxygen atoms in total. The van der Waals surface area contributed by atoms with Gasteiger partial charge in [-0.1, -0.05) is 0 Å². The van der Waals surface area contributed by atoms with Crippen molar-refractivity contribution < 1.29 is 72.4 Å².